The van der Waals surface area contributed by atoms with Crippen molar-refractivity contribution in [2.24, 2.45) is 5.73 Å². The number of rotatable bonds is 1. The van der Waals surface area contributed by atoms with E-state index in [1.165, 1.54) is 12.3 Å². The van der Waals surface area contributed by atoms with Gasteiger partial charge in [-0.2, -0.15) is 0 Å². The third-order valence-corrected chi connectivity index (χ3v) is 2.15. The summed E-state index contributed by atoms with van der Waals surface area (Å²) >= 11 is 0. The zero-order valence-corrected chi connectivity index (χ0v) is 6.30. The molecule has 4 heteroatoms. The van der Waals surface area contributed by atoms with E-state index in [-0.39, 0.29) is 12.1 Å². The van der Waals surface area contributed by atoms with Gasteiger partial charge in [0.05, 0.1) is 5.69 Å². The Morgan fingerprint density at radius 1 is 1.42 bits per heavy atom. The third-order valence-electron chi connectivity index (χ3n) is 2.15. The van der Waals surface area contributed by atoms with Crippen molar-refractivity contribution in [1.82, 2.24) is 4.98 Å². The van der Waals surface area contributed by atoms with Gasteiger partial charge in [0.15, 0.2) is 0 Å². The van der Waals surface area contributed by atoms with E-state index >= 15 is 0 Å². The average molecular weight is 170 g/mol. The average Bonchev–Trinajstić information content (AvgIpc) is 2.55. The molecule has 2 rings (SSSR count). The van der Waals surface area contributed by atoms with E-state index in [1.807, 2.05) is 0 Å². The first-order valence-electron chi connectivity index (χ1n) is 3.64. The molecular formula is C8H8F2N2. The van der Waals surface area contributed by atoms with Crippen LogP contribution in [0.2, 0.25) is 0 Å². The molecule has 1 aliphatic carbocycles. The van der Waals surface area contributed by atoms with Gasteiger partial charge in [-0.3, -0.25) is 4.98 Å². The second kappa shape index (κ2) is 2.01. The van der Waals surface area contributed by atoms with Crippen LogP contribution in [-0.2, 0) is 5.54 Å². The van der Waals surface area contributed by atoms with Gasteiger partial charge in [0.25, 0.3) is 5.92 Å². The summed E-state index contributed by atoms with van der Waals surface area (Å²) in [7, 11) is 0. The molecule has 0 radical (unpaired) electrons. The molecule has 0 amide bonds. The molecule has 1 heterocycles. The fourth-order valence-electron chi connectivity index (χ4n) is 1.21. The Kier molecular flexibility index (Phi) is 1.28. The van der Waals surface area contributed by atoms with Crippen molar-refractivity contribution in [3.8, 4) is 0 Å². The number of hydrogen-bond acceptors (Lipinski definition) is 2. The molecule has 0 saturated heterocycles. The maximum atomic E-state index is 12.7. The largest absolute Gasteiger partial charge is 0.315 e. The Morgan fingerprint density at radius 3 is 2.50 bits per heavy atom. The molecule has 0 bridgehead atoms. The highest BCUT2D eigenvalue weighted by atomic mass is 19.3. The predicted molar refractivity (Wildman–Crippen MR) is 39.7 cm³/mol. The lowest BCUT2D eigenvalue weighted by Gasteiger charge is -2.07. The molecule has 0 aliphatic heterocycles. The standard InChI is InChI=1S/C8H8F2N2/c9-8(10)5-7(8,11)6-3-1-2-4-12-6/h1-4H,5,11H2. The molecule has 1 aliphatic rings. The number of halogens is 2. The smallest absolute Gasteiger partial charge is 0.273 e. The summed E-state index contributed by atoms with van der Waals surface area (Å²) in [6.45, 7) is 0. The first kappa shape index (κ1) is 7.61. The van der Waals surface area contributed by atoms with E-state index in [0.717, 1.165) is 0 Å². The quantitative estimate of drug-likeness (QED) is 0.689. The van der Waals surface area contributed by atoms with Crippen LogP contribution < -0.4 is 5.73 Å². The Bertz CT molecular complexity index is 299. The first-order valence-corrected chi connectivity index (χ1v) is 3.64. The summed E-state index contributed by atoms with van der Waals surface area (Å²) in [6.07, 6.45) is 1.18. The molecule has 1 atom stereocenters. The van der Waals surface area contributed by atoms with Crippen LogP contribution in [0.5, 0.6) is 0 Å². The zero-order chi connectivity index (χ0) is 8.82. The molecular weight excluding hydrogens is 162 g/mol. The van der Waals surface area contributed by atoms with Crippen molar-refractivity contribution in [2.45, 2.75) is 17.9 Å². The highest BCUT2D eigenvalue weighted by molar-refractivity contribution is 5.29. The molecule has 64 valence electrons. The van der Waals surface area contributed by atoms with E-state index in [4.69, 9.17) is 5.73 Å². The highest BCUT2D eigenvalue weighted by Crippen LogP contribution is 2.56. The molecule has 2 N–H and O–H groups in total. The summed E-state index contributed by atoms with van der Waals surface area (Å²) in [6, 6.07) is 4.86. The fraction of sp³-hybridized carbons (Fsp3) is 0.375. The molecule has 1 saturated carbocycles. The maximum Gasteiger partial charge on any atom is 0.273 e. The van der Waals surface area contributed by atoms with Crippen LogP contribution in [0.25, 0.3) is 0 Å². The predicted octanol–water partition coefficient (Wildman–Crippen LogP) is 1.27. The third kappa shape index (κ3) is 0.845. The van der Waals surface area contributed by atoms with Gasteiger partial charge in [-0.1, -0.05) is 6.07 Å². The van der Waals surface area contributed by atoms with E-state index in [9.17, 15) is 8.78 Å². The summed E-state index contributed by atoms with van der Waals surface area (Å²) in [4.78, 5) is 3.80. The number of hydrogen-bond donors (Lipinski definition) is 1. The fourth-order valence-corrected chi connectivity index (χ4v) is 1.21. The van der Waals surface area contributed by atoms with Gasteiger partial charge in [0.1, 0.15) is 5.54 Å². The Balaban J connectivity index is 2.35. The topological polar surface area (TPSA) is 38.9 Å². The van der Waals surface area contributed by atoms with Gasteiger partial charge >= 0.3 is 0 Å². The Morgan fingerprint density at radius 2 is 2.08 bits per heavy atom. The van der Waals surface area contributed by atoms with Gasteiger partial charge in [-0.15, -0.1) is 0 Å². The van der Waals surface area contributed by atoms with E-state index < -0.39 is 11.5 Å². The molecule has 12 heavy (non-hydrogen) atoms. The van der Waals surface area contributed by atoms with Crippen molar-refractivity contribution in [3.63, 3.8) is 0 Å². The lowest BCUT2D eigenvalue weighted by Crippen LogP contribution is -2.28. The summed E-state index contributed by atoms with van der Waals surface area (Å²) in [5.41, 5.74) is 4.20. The molecule has 1 fully saturated rings. The van der Waals surface area contributed by atoms with Crippen molar-refractivity contribution < 1.29 is 8.78 Å². The number of aromatic nitrogens is 1. The molecule has 2 nitrogen and oxygen atoms in total. The summed E-state index contributed by atoms with van der Waals surface area (Å²) in [5.74, 6) is -2.78. The summed E-state index contributed by atoms with van der Waals surface area (Å²) in [5, 5.41) is 0. The van der Waals surface area contributed by atoms with Crippen molar-refractivity contribution in [3.05, 3.63) is 30.1 Å². The number of alkyl halides is 2. The minimum absolute atomic E-state index is 0.273. The molecule has 1 unspecified atom stereocenters. The number of nitrogens with zero attached hydrogens (tertiary/aromatic N) is 1. The molecule has 0 spiro atoms. The van der Waals surface area contributed by atoms with Crippen molar-refractivity contribution >= 4 is 0 Å². The van der Waals surface area contributed by atoms with Crippen LogP contribution in [0.15, 0.2) is 24.4 Å². The summed E-state index contributed by atoms with van der Waals surface area (Å²) < 4.78 is 25.4. The van der Waals surface area contributed by atoms with E-state index in [2.05, 4.69) is 4.98 Å². The highest BCUT2D eigenvalue weighted by Gasteiger charge is 2.70. The molecule has 0 aromatic carbocycles. The zero-order valence-electron chi connectivity index (χ0n) is 6.30. The second-order valence-corrected chi connectivity index (χ2v) is 3.07. The van der Waals surface area contributed by atoms with Gasteiger partial charge in [0.2, 0.25) is 0 Å². The Hall–Kier alpha value is -1.03. The second-order valence-electron chi connectivity index (χ2n) is 3.07. The Labute approximate surface area is 68.4 Å². The van der Waals surface area contributed by atoms with E-state index in [0.29, 0.717) is 0 Å². The number of nitrogens with two attached hydrogens (primary N) is 1. The lowest BCUT2D eigenvalue weighted by atomic mass is 10.2. The number of pyridine rings is 1. The van der Waals surface area contributed by atoms with Crippen LogP contribution in [0.3, 0.4) is 0 Å². The van der Waals surface area contributed by atoms with Crippen LogP contribution in [0.4, 0.5) is 8.78 Å². The molecule has 1 aromatic heterocycles. The van der Waals surface area contributed by atoms with Crippen LogP contribution in [-0.4, -0.2) is 10.9 Å². The van der Waals surface area contributed by atoms with Crippen LogP contribution in [0, 0.1) is 0 Å². The van der Waals surface area contributed by atoms with Gasteiger partial charge < -0.3 is 5.73 Å². The van der Waals surface area contributed by atoms with Crippen LogP contribution in [0.1, 0.15) is 12.1 Å². The van der Waals surface area contributed by atoms with Crippen molar-refractivity contribution in [2.75, 3.05) is 0 Å². The molecule has 1 aromatic rings. The van der Waals surface area contributed by atoms with Gasteiger partial charge in [-0.05, 0) is 12.1 Å². The van der Waals surface area contributed by atoms with E-state index in [1.54, 1.807) is 12.1 Å². The minimum Gasteiger partial charge on any atom is -0.315 e. The lowest BCUT2D eigenvalue weighted by molar-refractivity contribution is 0.0881. The minimum atomic E-state index is -2.78. The maximum absolute atomic E-state index is 12.7. The van der Waals surface area contributed by atoms with Gasteiger partial charge in [-0.25, -0.2) is 8.78 Å². The SMILES string of the molecule is NC1(c2ccccn2)CC1(F)F. The normalized spacial score (nSPS) is 31.6. The van der Waals surface area contributed by atoms with Gasteiger partial charge in [0, 0.05) is 12.6 Å². The first-order chi connectivity index (χ1) is 5.56. The van der Waals surface area contributed by atoms with Crippen molar-refractivity contribution in [1.29, 1.82) is 0 Å². The monoisotopic (exact) mass is 170 g/mol. The van der Waals surface area contributed by atoms with Crippen LogP contribution >= 0.6 is 0 Å².